The molecular formula is C5H5N4O2S. The molecule has 1 aromatic rings. The zero-order valence-corrected chi connectivity index (χ0v) is 6.67. The van der Waals surface area contributed by atoms with E-state index in [9.17, 15) is 4.79 Å². The highest BCUT2D eigenvalue weighted by atomic mass is 32.1. The minimum absolute atomic E-state index is 0.277. The predicted molar refractivity (Wildman–Crippen MR) is 42.5 cm³/mol. The van der Waals surface area contributed by atoms with Crippen LogP contribution in [0.2, 0.25) is 0 Å². The zero-order chi connectivity index (χ0) is 8.97. The minimum atomic E-state index is -1.08. The molecule has 1 amide bonds. The summed E-state index contributed by atoms with van der Waals surface area (Å²) >= 11 is 1.21. The number of carbonyl (C=O) groups excluding carboxylic acids is 1. The van der Waals surface area contributed by atoms with Crippen molar-refractivity contribution in [1.29, 1.82) is 0 Å². The van der Waals surface area contributed by atoms with Crippen LogP contribution in [0.3, 0.4) is 0 Å². The molecule has 7 heteroatoms. The molecule has 63 valence electrons. The molecule has 0 spiro atoms. The standard InChI is InChI=1S/C5H5N4O2S/c6-3(4(7)10)9-11-5-8-1-2-12-5/h1-2,7H,(H2,6,9). The van der Waals surface area contributed by atoms with E-state index in [2.05, 4.69) is 15.0 Å². The number of nitrogens with two attached hydrogens (primary N) is 1. The SMILES string of the molecule is [NH]C(=O)C(N)=NOc1nccs1. The van der Waals surface area contributed by atoms with Crippen molar-refractivity contribution in [1.82, 2.24) is 10.7 Å². The molecular weight excluding hydrogens is 180 g/mol. The van der Waals surface area contributed by atoms with Crippen LogP contribution in [0.5, 0.6) is 5.19 Å². The third kappa shape index (κ3) is 2.20. The molecule has 1 heterocycles. The van der Waals surface area contributed by atoms with E-state index in [1.54, 1.807) is 5.38 Å². The number of nitrogens with zero attached hydrogens (tertiary/aromatic N) is 2. The van der Waals surface area contributed by atoms with Gasteiger partial charge in [0.15, 0.2) is 0 Å². The van der Waals surface area contributed by atoms with E-state index in [-0.39, 0.29) is 5.19 Å². The van der Waals surface area contributed by atoms with Gasteiger partial charge in [-0.15, -0.1) is 0 Å². The molecule has 0 bridgehead atoms. The van der Waals surface area contributed by atoms with Crippen LogP contribution in [0, 0.1) is 0 Å². The summed E-state index contributed by atoms with van der Waals surface area (Å²) in [6.07, 6.45) is 1.52. The van der Waals surface area contributed by atoms with E-state index >= 15 is 0 Å². The monoisotopic (exact) mass is 185 g/mol. The van der Waals surface area contributed by atoms with Crippen LogP contribution in [0.4, 0.5) is 0 Å². The minimum Gasteiger partial charge on any atom is -0.376 e. The second-order valence-electron chi connectivity index (χ2n) is 1.69. The summed E-state index contributed by atoms with van der Waals surface area (Å²) in [6.45, 7) is 0. The zero-order valence-electron chi connectivity index (χ0n) is 5.85. The summed E-state index contributed by atoms with van der Waals surface area (Å²) in [5.41, 5.74) is 11.5. The van der Waals surface area contributed by atoms with E-state index in [1.165, 1.54) is 17.5 Å². The van der Waals surface area contributed by atoms with Gasteiger partial charge in [-0.05, 0) is 0 Å². The molecule has 0 atom stereocenters. The number of carbonyl (C=O) groups is 1. The quantitative estimate of drug-likeness (QED) is 0.385. The Bertz CT molecular complexity index is 294. The van der Waals surface area contributed by atoms with Gasteiger partial charge in [0, 0.05) is 11.6 Å². The van der Waals surface area contributed by atoms with Crippen molar-refractivity contribution in [3.8, 4) is 5.19 Å². The lowest BCUT2D eigenvalue weighted by molar-refractivity contribution is -0.112. The first-order valence-corrected chi connectivity index (χ1v) is 3.74. The first-order valence-electron chi connectivity index (χ1n) is 2.86. The molecule has 1 rings (SSSR count). The van der Waals surface area contributed by atoms with Crippen LogP contribution in [-0.2, 0) is 4.79 Å². The maximum atomic E-state index is 10.2. The van der Waals surface area contributed by atoms with Gasteiger partial charge in [-0.25, -0.2) is 4.98 Å². The number of thiazole rings is 1. The van der Waals surface area contributed by atoms with Crippen molar-refractivity contribution in [3.63, 3.8) is 0 Å². The number of hydrogen-bond donors (Lipinski definition) is 1. The Balaban J connectivity index is 2.55. The van der Waals surface area contributed by atoms with E-state index in [4.69, 9.17) is 11.5 Å². The van der Waals surface area contributed by atoms with Crippen molar-refractivity contribution in [2.75, 3.05) is 0 Å². The molecule has 0 aromatic carbocycles. The highest BCUT2D eigenvalue weighted by Crippen LogP contribution is 2.13. The third-order valence-corrected chi connectivity index (χ3v) is 1.50. The first-order chi connectivity index (χ1) is 5.70. The molecule has 0 aliphatic heterocycles. The summed E-state index contributed by atoms with van der Waals surface area (Å²) in [6, 6.07) is 0. The van der Waals surface area contributed by atoms with Gasteiger partial charge in [0.25, 0.3) is 0 Å². The first kappa shape index (κ1) is 8.47. The Morgan fingerprint density at radius 2 is 2.58 bits per heavy atom. The van der Waals surface area contributed by atoms with Gasteiger partial charge in [-0.2, -0.15) is 0 Å². The number of oxime groups is 1. The number of amides is 1. The van der Waals surface area contributed by atoms with Gasteiger partial charge < -0.3 is 10.6 Å². The van der Waals surface area contributed by atoms with Gasteiger partial charge in [-0.1, -0.05) is 16.5 Å². The highest BCUT2D eigenvalue weighted by molar-refractivity contribution is 7.11. The van der Waals surface area contributed by atoms with Crippen LogP contribution in [0.25, 0.3) is 0 Å². The number of rotatable bonds is 2. The van der Waals surface area contributed by atoms with E-state index in [1.807, 2.05) is 0 Å². The fraction of sp³-hybridized carbons (Fsp3) is 0. The van der Waals surface area contributed by atoms with Crippen LogP contribution < -0.4 is 16.3 Å². The summed E-state index contributed by atoms with van der Waals surface area (Å²) in [4.78, 5) is 18.5. The van der Waals surface area contributed by atoms with Crippen LogP contribution >= 0.6 is 11.3 Å². The average molecular weight is 185 g/mol. The van der Waals surface area contributed by atoms with Gasteiger partial charge in [0.1, 0.15) is 0 Å². The molecule has 0 fully saturated rings. The van der Waals surface area contributed by atoms with Crippen LogP contribution in [0.1, 0.15) is 0 Å². The molecule has 1 aromatic heterocycles. The maximum absolute atomic E-state index is 10.2. The largest absolute Gasteiger partial charge is 0.376 e. The average Bonchev–Trinajstić information content (AvgIpc) is 2.51. The van der Waals surface area contributed by atoms with Crippen molar-refractivity contribution < 1.29 is 9.63 Å². The predicted octanol–water partition coefficient (Wildman–Crippen LogP) is -0.396. The normalized spacial score (nSPS) is 11.2. The molecule has 6 nitrogen and oxygen atoms in total. The van der Waals surface area contributed by atoms with Gasteiger partial charge >= 0.3 is 11.1 Å². The molecule has 0 saturated heterocycles. The summed E-state index contributed by atoms with van der Waals surface area (Å²) in [5.74, 6) is -1.57. The van der Waals surface area contributed by atoms with Crippen LogP contribution in [-0.4, -0.2) is 16.7 Å². The second kappa shape index (κ2) is 3.67. The second-order valence-corrected chi connectivity index (χ2v) is 2.55. The maximum Gasteiger partial charge on any atom is 0.308 e. The Kier molecular flexibility index (Phi) is 2.59. The Morgan fingerprint density at radius 1 is 1.83 bits per heavy atom. The molecule has 12 heavy (non-hydrogen) atoms. The Morgan fingerprint density at radius 3 is 3.08 bits per heavy atom. The molecule has 0 saturated carbocycles. The van der Waals surface area contributed by atoms with Crippen molar-refractivity contribution in [3.05, 3.63) is 11.6 Å². The molecule has 1 radical (unpaired) electrons. The highest BCUT2D eigenvalue weighted by Gasteiger charge is 2.02. The molecule has 3 N–H and O–H groups in total. The number of nitrogens with one attached hydrogen (secondary N) is 1. The fourth-order valence-electron chi connectivity index (χ4n) is 0.385. The van der Waals surface area contributed by atoms with E-state index in [0.717, 1.165) is 0 Å². The Labute approximate surface area is 71.8 Å². The van der Waals surface area contributed by atoms with Crippen molar-refractivity contribution >= 4 is 23.1 Å². The Hall–Kier alpha value is -1.63. The smallest absolute Gasteiger partial charge is 0.308 e. The van der Waals surface area contributed by atoms with Crippen molar-refractivity contribution in [2.45, 2.75) is 0 Å². The lowest BCUT2D eigenvalue weighted by atomic mass is 10.6. The summed E-state index contributed by atoms with van der Waals surface area (Å²) < 4.78 is 0. The summed E-state index contributed by atoms with van der Waals surface area (Å²) in [5, 5.41) is 5.13. The molecule has 0 unspecified atom stereocenters. The fourth-order valence-corrected chi connectivity index (χ4v) is 0.825. The van der Waals surface area contributed by atoms with Crippen LogP contribution in [0.15, 0.2) is 16.7 Å². The van der Waals surface area contributed by atoms with E-state index in [0.29, 0.717) is 0 Å². The third-order valence-electron chi connectivity index (χ3n) is 0.864. The number of amidine groups is 1. The number of aromatic nitrogens is 1. The molecule has 0 aliphatic carbocycles. The lowest BCUT2D eigenvalue weighted by Gasteiger charge is -1.91. The molecule has 0 aliphatic rings. The van der Waals surface area contributed by atoms with Gasteiger partial charge in [0.05, 0.1) is 0 Å². The number of hydrogen-bond acceptors (Lipinski definition) is 5. The lowest BCUT2D eigenvalue weighted by Crippen LogP contribution is -2.25. The van der Waals surface area contributed by atoms with Gasteiger partial charge in [0.2, 0.25) is 5.84 Å². The van der Waals surface area contributed by atoms with Gasteiger partial charge in [-0.3, -0.25) is 10.5 Å². The van der Waals surface area contributed by atoms with E-state index < -0.39 is 11.7 Å². The van der Waals surface area contributed by atoms with Crippen molar-refractivity contribution in [2.24, 2.45) is 10.9 Å². The topological polar surface area (TPSA) is 101 Å². The summed E-state index contributed by atoms with van der Waals surface area (Å²) in [7, 11) is 0.